The Bertz CT molecular complexity index is 570. The van der Waals surface area contributed by atoms with Crippen molar-refractivity contribution >= 4 is 11.9 Å². The van der Waals surface area contributed by atoms with Crippen LogP contribution in [0.4, 0.5) is 0 Å². The van der Waals surface area contributed by atoms with Gasteiger partial charge in [-0.25, -0.2) is 0 Å². The SMILES string of the molecule is CCC[C@H]1CC[C@@H](OC(C)=O)CN1C(=O)CCc1ccc(OC)cc1. The van der Waals surface area contributed by atoms with Crippen molar-refractivity contribution in [2.45, 2.75) is 64.5 Å². The molecule has 0 aliphatic carbocycles. The molecule has 1 aromatic carbocycles. The minimum Gasteiger partial charge on any atom is -0.497 e. The van der Waals surface area contributed by atoms with Gasteiger partial charge in [-0.1, -0.05) is 25.5 Å². The highest BCUT2D eigenvalue weighted by Gasteiger charge is 2.32. The molecule has 0 spiro atoms. The maximum Gasteiger partial charge on any atom is 0.302 e. The Morgan fingerprint density at radius 1 is 1.20 bits per heavy atom. The summed E-state index contributed by atoms with van der Waals surface area (Å²) in [5, 5.41) is 0. The molecule has 0 bridgehead atoms. The van der Waals surface area contributed by atoms with Gasteiger partial charge >= 0.3 is 5.97 Å². The molecule has 138 valence electrons. The molecule has 1 saturated heterocycles. The maximum absolute atomic E-state index is 12.8. The summed E-state index contributed by atoms with van der Waals surface area (Å²) < 4.78 is 10.5. The van der Waals surface area contributed by atoms with Crippen LogP contribution in [0.5, 0.6) is 5.75 Å². The third kappa shape index (κ3) is 5.76. The second-order valence-corrected chi connectivity index (χ2v) is 6.65. The minimum atomic E-state index is -0.274. The number of likely N-dealkylation sites (tertiary alicyclic amines) is 1. The normalized spacial score (nSPS) is 20.2. The summed E-state index contributed by atoms with van der Waals surface area (Å²) in [6.45, 7) is 4.08. The Balaban J connectivity index is 1.95. The van der Waals surface area contributed by atoms with Crippen LogP contribution in [-0.2, 0) is 20.7 Å². The molecule has 0 radical (unpaired) electrons. The molecule has 1 aliphatic rings. The Hall–Kier alpha value is -2.04. The van der Waals surface area contributed by atoms with E-state index in [2.05, 4.69) is 6.92 Å². The van der Waals surface area contributed by atoms with Crippen LogP contribution >= 0.6 is 0 Å². The molecule has 5 heteroatoms. The van der Waals surface area contributed by atoms with Crippen molar-refractivity contribution in [2.75, 3.05) is 13.7 Å². The smallest absolute Gasteiger partial charge is 0.302 e. The fourth-order valence-corrected chi connectivity index (χ4v) is 3.45. The van der Waals surface area contributed by atoms with Gasteiger partial charge in [-0.3, -0.25) is 9.59 Å². The second kappa shape index (κ2) is 9.44. The number of nitrogens with zero attached hydrogens (tertiary/aromatic N) is 1. The van der Waals surface area contributed by atoms with Crippen molar-refractivity contribution in [3.8, 4) is 5.75 Å². The first-order valence-electron chi connectivity index (χ1n) is 9.13. The number of methoxy groups -OCH3 is 1. The van der Waals surface area contributed by atoms with E-state index in [1.54, 1.807) is 7.11 Å². The zero-order valence-electron chi connectivity index (χ0n) is 15.5. The lowest BCUT2D eigenvalue weighted by Gasteiger charge is -2.39. The summed E-state index contributed by atoms with van der Waals surface area (Å²) in [6.07, 6.45) is 4.80. The van der Waals surface area contributed by atoms with Crippen LogP contribution in [-0.4, -0.2) is 42.6 Å². The fraction of sp³-hybridized carbons (Fsp3) is 0.600. The highest BCUT2D eigenvalue weighted by molar-refractivity contribution is 5.77. The van der Waals surface area contributed by atoms with Crippen molar-refractivity contribution < 1.29 is 19.1 Å². The maximum atomic E-state index is 12.8. The van der Waals surface area contributed by atoms with Crippen LogP contribution in [0, 0.1) is 0 Å². The van der Waals surface area contributed by atoms with Gasteiger partial charge in [0.2, 0.25) is 5.91 Å². The van der Waals surface area contributed by atoms with Gasteiger partial charge in [-0.15, -0.1) is 0 Å². The summed E-state index contributed by atoms with van der Waals surface area (Å²) in [6, 6.07) is 8.08. The molecular weight excluding hydrogens is 318 g/mol. The number of benzene rings is 1. The van der Waals surface area contributed by atoms with Crippen LogP contribution in [0.15, 0.2) is 24.3 Å². The van der Waals surface area contributed by atoms with E-state index in [-0.39, 0.29) is 24.0 Å². The van der Waals surface area contributed by atoms with E-state index >= 15 is 0 Å². The van der Waals surface area contributed by atoms with E-state index in [0.717, 1.165) is 37.0 Å². The molecule has 0 N–H and O–H groups in total. The number of hydrogen-bond donors (Lipinski definition) is 0. The van der Waals surface area contributed by atoms with E-state index in [4.69, 9.17) is 9.47 Å². The lowest BCUT2D eigenvalue weighted by molar-refractivity contribution is -0.154. The molecular formula is C20H29NO4. The lowest BCUT2D eigenvalue weighted by atomic mass is 9.95. The fourth-order valence-electron chi connectivity index (χ4n) is 3.45. The summed E-state index contributed by atoms with van der Waals surface area (Å²) in [4.78, 5) is 25.9. The molecule has 1 amide bonds. The molecule has 25 heavy (non-hydrogen) atoms. The number of piperidine rings is 1. The molecule has 1 heterocycles. The number of hydrogen-bond acceptors (Lipinski definition) is 4. The van der Waals surface area contributed by atoms with Gasteiger partial charge in [0.1, 0.15) is 11.9 Å². The Morgan fingerprint density at radius 2 is 1.92 bits per heavy atom. The van der Waals surface area contributed by atoms with Gasteiger partial charge in [0, 0.05) is 19.4 Å². The zero-order chi connectivity index (χ0) is 18.2. The molecule has 0 aromatic heterocycles. The van der Waals surface area contributed by atoms with Gasteiger partial charge in [0.25, 0.3) is 0 Å². The predicted octanol–water partition coefficient (Wildman–Crippen LogP) is 3.35. The van der Waals surface area contributed by atoms with Crippen LogP contribution in [0.25, 0.3) is 0 Å². The number of carbonyl (C=O) groups is 2. The van der Waals surface area contributed by atoms with Crippen molar-refractivity contribution in [1.82, 2.24) is 4.90 Å². The first-order chi connectivity index (χ1) is 12.0. The molecule has 1 aromatic rings. The number of rotatable bonds is 7. The van der Waals surface area contributed by atoms with E-state index in [9.17, 15) is 9.59 Å². The number of amides is 1. The average Bonchev–Trinajstić information content (AvgIpc) is 2.61. The summed E-state index contributed by atoms with van der Waals surface area (Å²) >= 11 is 0. The van der Waals surface area contributed by atoms with Crippen molar-refractivity contribution in [1.29, 1.82) is 0 Å². The van der Waals surface area contributed by atoms with Crippen LogP contribution < -0.4 is 4.74 Å². The Labute approximate surface area is 150 Å². The van der Waals surface area contributed by atoms with Crippen LogP contribution in [0.3, 0.4) is 0 Å². The monoisotopic (exact) mass is 347 g/mol. The van der Waals surface area contributed by atoms with Gasteiger partial charge in [0.05, 0.1) is 13.7 Å². The van der Waals surface area contributed by atoms with Gasteiger partial charge in [-0.2, -0.15) is 0 Å². The van der Waals surface area contributed by atoms with Crippen LogP contribution in [0.2, 0.25) is 0 Å². The molecule has 1 aliphatic heterocycles. The van der Waals surface area contributed by atoms with Gasteiger partial charge < -0.3 is 14.4 Å². The van der Waals surface area contributed by atoms with E-state index in [1.165, 1.54) is 6.92 Å². The number of esters is 1. The first kappa shape index (κ1) is 19.3. The number of aryl methyl sites for hydroxylation is 1. The summed E-state index contributed by atoms with van der Waals surface area (Å²) in [5.41, 5.74) is 1.12. The minimum absolute atomic E-state index is 0.145. The highest BCUT2D eigenvalue weighted by atomic mass is 16.5. The number of ether oxygens (including phenoxy) is 2. The third-order valence-electron chi connectivity index (χ3n) is 4.72. The molecule has 2 rings (SSSR count). The van der Waals surface area contributed by atoms with E-state index < -0.39 is 0 Å². The zero-order valence-corrected chi connectivity index (χ0v) is 15.5. The Morgan fingerprint density at radius 3 is 2.52 bits per heavy atom. The average molecular weight is 347 g/mol. The predicted molar refractivity (Wildman–Crippen MR) is 96.5 cm³/mol. The standard InChI is InChI=1S/C20H29NO4/c1-4-5-17-9-12-19(25-15(2)22)14-21(17)20(23)13-8-16-6-10-18(24-3)11-7-16/h6-7,10-11,17,19H,4-5,8-9,12-14H2,1-3H3/t17-,19+/m0/s1. The largest absolute Gasteiger partial charge is 0.497 e. The van der Waals surface area contributed by atoms with E-state index in [0.29, 0.717) is 19.4 Å². The third-order valence-corrected chi connectivity index (χ3v) is 4.72. The summed E-state index contributed by atoms with van der Waals surface area (Å²) in [5.74, 6) is 0.689. The molecule has 5 nitrogen and oxygen atoms in total. The molecule has 0 unspecified atom stereocenters. The van der Waals surface area contributed by atoms with E-state index in [1.807, 2.05) is 29.2 Å². The van der Waals surface area contributed by atoms with Gasteiger partial charge in [0.15, 0.2) is 0 Å². The van der Waals surface area contributed by atoms with Gasteiger partial charge in [-0.05, 0) is 43.4 Å². The topological polar surface area (TPSA) is 55.8 Å². The van der Waals surface area contributed by atoms with Crippen molar-refractivity contribution in [2.24, 2.45) is 0 Å². The van der Waals surface area contributed by atoms with Crippen molar-refractivity contribution in [3.05, 3.63) is 29.8 Å². The summed E-state index contributed by atoms with van der Waals surface area (Å²) in [7, 11) is 1.64. The lowest BCUT2D eigenvalue weighted by Crippen LogP contribution is -2.49. The van der Waals surface area contributed by atoms with Crippen LogP contribution in [0.1, 0.15) is 51.5 Å². The number of carbonyl (C=O) groups excluding carboxylic acids is 2. The highest BCUT2D eigenvalue weighted by Crippen LogP contribution is 2.24. The Kier molecular flexibility index (Phi) is 7.29. The second-order valence-electron chi connectivity index (χ2n) is 6.65. The van der Waals surface area contributed by atoms with Crippen molar-refractivity contribution in [3.63, 3.8) is 0 Å². The first-order valence-corrected chi connectivity index (χ1v) is 9.13. The molecule has 2 atom stereocenters. The molecule has 1 fully saturated rings. The molecule has 0 saturated carbocycles. The quantitative estimate of drug-likeness (QED) is 0.710.